The molecule has 2 atom stereocenters. The number of fused-ring (bicyclic) bond motifs is 1. The van der Waals surface area contributed by atoms with Gasteiger partial charge in [-0.25, -0.2) is 0 Å². The van der Waals surface area contributed by atoms with E-state index >= 15 is 0 Å². The van der Waals surface area contributed by atoms with Gasteiger partial charge in [-0.2, -0.15) is 0 Å². The van der Waals surface area contributed by atoms with E-state index in [0.717, 1.165) is 32.0 Å². The second-order valence-corrected chi connectivity index (χ2v) is 5.75. The van der Waals surface area contributed by atoms with E-state index in [1.807, 2.05) is 0 Å². The zero-order chi connectivity index (χ0) is 12.8. The van der Waals surface area contributed by atoms with Gasteiger partial charge < -0.3 is 15.3 Å². The van der Waals surface area contributed by atoms with Gasteiger partial charge in [0.05, 0.1) is 6.61 Å². The Bertz CT molecular complexity index is 237. The third-order valence-corrected chi connectivity index (χ3v) is 4.37. The summed E-state index contributed by atoms with van der Waals surface area (Å²) in [5, 5.41) is 12.8. The van der Waals surface area contributed by atoms with Crippen LogP contribution in [0.4, 0.5) is 0 Å². The maximum absolute atomic E-state index is 9.34. The number of aliphatic hydroxyl groups is 1. The van der Waals surface area contributed by atoms with Crippen molar-refractivity contribution in [2.24, 2.45) is 0 Å². The molecule has 2 N–H and O–H groups in total. The summed E-state index contributed by atoms with van der Waals surface area (Å²) >= 11 is 0. The molecule has 2 aliphatic heterocycles. The normalized spacial score (nSPS) is 27.3. The van der Waals surface area contributed by atoms with Crippen LogP contribution in [0.2, 0.25) is 0 Å². The summed E-state index contributed by atoms with van der Waals surface area (Å²) < 4.78 is 0. The van der Waals surface area contributed by atoms with Gasteiger partial charge in [0.2, 0.25) is 0 Å². The molecule has 0 aliphatic carbocycles. The number of hydrogen-bond donors (Lipinski definition) is 2. The molecule has 2 aliphatic rings. The predicted molar refractivity (Wildman–Crippen MR) is 74.8 cm³/mol. The van der Waals surface area contributed by atoms with E-state index in [2.05, 4.69) is 22.0 Å². The molecule has 0 aromatic rings. The fraction of sp³-hybridized carbons (Fsp3) is 1.00. The highest BCUT2D eigenvalue weighted by Gasteiger charge is 2.30. The van der Waals surface area contributed by atoms with Crippen LogP contribution in [-0.4, -0.2) is 72.9 Å². The molecule has 2 saturated heterocycles. The average molecular weight is 255 g/mol. The maximum Gasteiger partial charge on any atom is 0.0585 e. The molecule has 106 valence electrons. The van der Waals surface area contributed by atoms with Gasteiger partial charge in [-0.3, -0.25) is 4.90 Å². The van der Waals surface area contributed by atoms with Crippen molar-refractivity contribution < 1.29 is 5.11 Å². The van der Waals surface area contributed by atoms with Crippen LogP contribution in [0, 0.1) is 0 Å². The lowest BCUT2D eigenvalue weighted by molar-refractivity contribution is 0.0979. The summed E-state index contributed by atoms with van der Waals surface area (Å²) in [5.41, 5.74) is 0. The van der Waals surface area contributed by atoms with Crippen LogP contribution in [0.3, 0.4) is 0 Å². The number of rotatable bonds is 7. The standard InChI is InChI=1S/C14H29N3O/c1-2-6-15-13(12-18)5-8-16-9-10-17-7-3-4-14(17)11-16/h13-15,18H,2-12H2,1H3. The second-order valence-electron chi connectivity index (χ2n) is 5.75. The Morgan fingerprint density at radius 3 is 3.00 bits per heavy atom. The van der Waals surface area contributed by atoms with Gasteiger partial charge >= 0.3 is 0 Å². The van der Waals surface area contributed by atoms with Crippen LogP contribution < -0.4 is 5.32 Å². The Balaban J connectivity index is 1.66. The topological polar surface area (TPSA) is 38.7 Å². The molecule has 2 unspecified atom stereocenters. The van der Waals surface area contributed by atoms with Gasteiger partial charge in [-0.05, 0) is 45.3 Å². The molecule has 0 radical (unpaired) electrons. The molecule has 2 heterocycles. The van der Waals surface area contributed by atoms with Gasteiger partial charge in [0.25, 0.3) is 0 Å². The molecular formula is C14H29N3O. The van der Waals surface area contributed by atoms with Crippen molar-refractivity contribution in [3.63, 3.8) is 0 Å². The molecule has 0 amide bonds. The second kappa shape index (κ2) is 7.43. The predicted octanol–water partition coefficient (Wildman–Crippen LogP) is 0.517. The van der Waals surface area contributed by atoms with Crippen LogP contribution in [0.25, 0.3) is 0 Å². The maximum atomic E-state index is 9.34. The fourth-order valence-corrected chi connectivity index (χ4v) is 3.20. The van der Waals surface area contributed by atoms with Gasteiger partial charge in [-0.1, -0.05) is 6.92 Å². The lowest BCUT2D eigenvalue weighted by Crippen LogP contribution is -2.51. The van der Waals surface area contributed by atoms with Crippen molar-refractivity contribution in [1.82, 2.24) is 15.1 Å². The lowest BCUT2D eigenvalue weighted by atomic mass is 10.1. The first-order valence-corrected chi connectivity index (χ1v) is 7.64. The van der Waals surface area contributed by atoms with Gasteiger partial charge in [0, 0.05) is 31.7 Å². The Labute approximate surface area is 111 Å². The van der Waals surface area contributed by atoms with Crippen molar-refractivity contribution in [1.29, 1.82) is 0 Å². The van der Waals surface area contributed by atoms with E-state index in [-0.39, 0.29) is 12.6 Å². The van der Waals surface area contributed by atoms with Crippen molar-refractivity contribution >= 4 is 0 Å². The van der Waals surface area contributed by atoms with E-state index in [4.69, 9.17) is 0 Å². The Kier molecular flexibility index (Phi) is 5.89. The number of nitrogens with zero attached hydrogens (tertiary/aromatic N) is 2. The zero-order valence-electron chi connectivity index (χ0n) is 11.8. The third kappa shape index (κ3) is 3.92. The van der Waals surface area contributed by atoms with E-state index in [9.17, 15) is 5.11 Å². The summed E-state index contributed by atoms with van der Waals surface area (Å²) in [4.78, 5) is 5.23. The minimum atomic E-state index is 0.267. The highest BCUT2D eigenvalue weighted by molar-refractivity contribution is 4.87. The molecule has 4 heteroatoms. The minimum Gasteiger partial charge on any atom is -0.395 e. The van der Waals surface area contributed by atoms with E-state index in [0.29, 0.717) is 0 Å². The number of piperazine rings is 1. The Morgan fingerprint density at radius 2 is 2.22 bits per heavy atom. The van der Waals surface area contributed by atoms with Crippen molar-refractivity contribution in [2.45, 2.75) is 44.7 Å². The number of hydrogen-bond acceptors (Lipinski definition) is 4. The monoisotopic (exact) mass is 255 g/mol. The van der Waals surface area contributed by atoms with Crippen LogP contribution in [0.1, 0.15) is 32.6 Å². The summed E-state index contributed by atoms with van der Waals surface area (Å²) in [7, 11) is 0. The summed E-state index contributed by atoms with van der Waals surface area (Å²) in [5.74, 6) is 0. The van der Waals surface area contributed by atoms with Gasteiger partial charge in [-0.15, -0.1) is 0 Å². The Morgan fingerprint density at radius 1 is 1.33 bits per heavy atom. The minimum absolute atomic E-state index is 0.267. The van der Waals surface area contributed by atoms with Crippen LogP contribution in [-0.2, 0) is 0 Å². The van der Waals surface area contributed by atoms with Crippen molar-refractivity contribution in [2.75, 3.05) is 45.9 Å². The number of aliphatic hydroxyl groups excluding tert-OH is 1. The van der Waals surface area contributed by atoms with Crippen LogP contribution in [0.15, 0.2) is 0 Å². The molecule has 18 heavy (non-hydrogen) atoms. The highest BCUT2D eigenvalue weighted by atomic mass is 16.3. The van der Waals surface area contributed by atoms with Crippen LogP contribution in [0.5, 0.6) is 0 Å². The molecule has 0 saturated carbocycles. The molecular weight excluding hydrogens is 226 g/mol. The van der Waals surface area contributed by atoms with Crippen molar-refractivity contribution in [3.05, 3.63) is 0 Å². The van der Waals surface area contributed by atoms with Gasteiger partial charge in [0.1, 0.15) is 0 Å². The first kappa shape index (κ1) is 14.3. The fourth-order valence-electron chi connectivity index (χ4n) is 3.20. The summed E-state index contributed by atoms with van der Waals surface area (Å²) in [6, 6.07) is 1.10. The first-order valence-electron chi connectivity index (χ1n) is 7.64. The third-order valence-electron chi connectivity index (χ3n) is 4.37. The molecule has 4 nitrogen and oxygen atoms in total. The lowest BCUT2D eigenvalue weighted by Gasteiger charge is -2.38. The van der Waals surface area contributed by atoms with Crippen molar-refractivity contribution in [3.8, 4) is 0 Å². The Hall–Kier alpha value is -0.160. The van der Waals surface area contributed by atoms with Gasteiger partial charge in [0.15, 0.2) is 0 Å². The highest BCUT2D eigenvalue weighted by Crippen LogP contribution is 2.21. The average Bonchev–Trinajstić information content (AvgIpc) is 2.86. The molecule has 0 aromatic heterocycles. The smallest absolute Gasteiger partial charge is 0.0585 e. The van der Waals surface area contributed by atoms with E-state index < -0.39 is 0 Å². The molecule has 0 spiro atoms. The summed E-state index contributed by atoms with van der Waals surface area (Å²) in [6.45, 7) is 9.60. The first-order chi connectivity index (χ1) is 8.83. The zero-order valence-corrected chi connectivity index (χ0v) is 11.8. The SMILES string of the molecule is CCCNC(CO)CCN1CCN2CCCC2C1. The molecule has 2 rings (SSSR count). The molecule has 0 aromatic carbocycles. The van der Waals surface area contributed by atoms with Crippen LogP contribution >= 0.6 is 0 Å². The largest absolute Gasteiger partial charge is 0.395 e. The molecule has 2 fully saturated rings. The quantitative estimate of drug-likeness (QED) is 0.695. The number of nitrogens with one attached hydrogen (secondary N) is 1. The van der Waals surface area contributed by atoms with E-state index in [1.165, 1.54) is 39.0 Å². The summed E-state index contributed by atoms with van der Waals surface area (Å²) in [6.07, 6.45) is 4.98. The van der Waals surface area contributed by atoms with E-state index in [1.54, 1.807) is 0 Å². The molecule has 0 bridgehead atoms.